The molecule has 0 bridgehead atoms. The molecule has 0 saturated carbocycles. The van der Waals surface area contributed by atoms with Crippen molar-refractivity contribution in [3.63, 3.8) is 0 Å². The van der Waals surface area contributed by atoms with Crippen LogP contribution in [0.4, 0.5) is 17.6 Å². The van der Waals surface area contributed by atoms with Crippen LogP contribution in [0.25, 0.3) is 0 Å². The molecular weight excluding hydrogens is 248 g/mol. The lowest BCUT2D eigenvalue weighted by Crippen LogP contribution is -2.35. The molecule has 1 N–H and O–H groups in total. The topological polar surface area (TPSA) is 37.3 Å². The van der Waals surface area contributed by atoms with E-state index in [9.17, 15) is 22.4 Å². The summed E-state index contributed by atoms with van der Waals surface area (Å²) in [6, 6.07) is 0. The first-order chi connectivity index (χ1) is 5.17. The fourth-order valence-corrected chi connectivity index (χ4v) is 0.604. The number of alkyl halides is 5. The molecule has 2 nitrogen and oxygen atoms in total. The molecule has 0 aliphatic rings. The van der Waals surface area contributed by atoms with Gasteiger partial charge >= 0.3 is 16.7 Å². The molecule has 0 aromatic rings. The van der Waals surface area contributed by atoms with E-state index in [0.717, 1.165) is 0 Å². The molecule has 0 aromatic carbocycles. The van der Waals surface area contributed by atoms with Crippen LogP contribution in [-0.2, 0) is 4.79 Å². The average molecular weight is 253 g/mol. The van der Waals surface area contributed by atoms with Gasteiger partial charge in [-0.1, -0.05) is 0 Å². The van der Waals surface area contributed by atoms with Gasteiger partial charge in [0.1, 0.15) is 0 Å². The lowest BCUT2D eigenvalue weighted by atomic mass is 10.2. The summed E-state index contributed by atoms with van der Waals surface area (Å²) < 4.78 is 48.3. The Morgan fingerprint density at radius 2 is 1.75 bits per heavy atom. The third-order valence-electron chi connectivity index (χ3n) is 1.07. The molecule has 0 saturated heterocycles. The van der Waals surface area contributed by atoms with E-state index in [4.69, 9.17) is 5.11 Å². The van der Waals surface area contributed by atoms with Crippen LogP contribution < -0.4 is 0 Å². The Morgan fingerprint density at radius 1 is 1.33 bits per heavy atom. The SMILES string of the molecule is O=C(O)CCC(F)(F)C(F)(F)Br. The second-order valence-electron chi connectivity index (χ2n) is 2.10. The third kappa shape index (κ3) is 3.38. The van der Waals surface area contributed by atoms with Crippen molar-refractivity contribution in [1.29, 1.82) is 0 Å². The van der Waals surface area contributed by atoms with Crippen molar-refractivity contribution in [2.75, 3.05) is 0 Å². The molecular formula is C5H5BrF4O2. The van der Waals surface area contributed by atoms with Gasteiger partial charge < -0.3 is 5.11 Å². The van der Waals surface area contributed by atoms with E-state index < -0.39 is 29.6 Å². The molecule has 0 aliphatic carbocycles. The van der Waals surface area contributed by atoms with E-state index >= 15 is 0 Å². The predicted octanol–water partition coefficient (Wildman–Crippen LogP) is 2.47. The van der Waals surface area contributed by atoms with Crippen molar-refractivity contribution in [1.82, 2.24) is 0 Å². The number of hydrogen-bond acceptors (Lipinski definition) is 1. The smallest absolute Gasteiger partial charge is 0.363 e. The van der Waals surface area contributed by atoms with Gasteiger partial charge in [0.2, 0.25) is 0 Å². The normalized spacial score (nSPS) is 13.1. The van der Waals surface area contributed by atoms with Gasteiger partial charge in [-0.25, -0.2) is 0 Å². The molecule has 12 heavy (non-hydrogen) atoms. The highest BCUT2D eigenvalue weighted by atomic mass is 79.9. The summed E-state index contributed by atoms with van der Waals surface area (Å²) >= 11 is 1.47. The lowest BCUT2D eigenvalue weighted by Gasteiger charge is -2.20. The molecule has 0 aromatic heterocycles. The zero-order chi connectivity index (χ0) is 9.99. The standard InChI is InChI=1S/C5H5BrF4O2/c6-5(9,10)4(7,8)2-1-3(11)12/h1-2H2,(H,11,12). The quantitative estimate of drug-likeness (QED) is 0.617. The van der Waals surface area contributed by atoms with E-state index in [1.54, 1.807) is 0 Å². The van der Waals surface area contributed by atoms with E-state index in [1.165, 1.54) is 15.9 Å². The maximum atomic E-state index is 12.2. The molecule has 7 heteroatoms. The molecule has 72 valence electrons. The highest BCUT2D eigenvalue weighted by Crippen LogP contribution is 2.42. The Labute approximate surface area is 73.7 Å². The first kappa shape index (κ1) is 11.7. The maximum absolute atomic E-state index is 12.2. The van der Waals surface area contributed by atoms with Crippen molar-refractivity contribution in [2.45, 2.75) is 23.6 Å². The lowest BCUT2D eigenvalue weighted by molar-refractivity contribution is -0.159. The van der Waals surface area contributed by atoms with Crippen LogP contribution in [0.1, 0.15) is 12.8 Å². The number of rotatable bonds is 4. The van der Waals surface area contributed by atoms with Crippen molar-refractivity contribution in [3.8, 4) is 0 Å². The highest BCUT2D eigenvalue weighted by Gasteiger charge is 2.53. The summed E-state index contributed by atoms with van der Waals surface area (Å²) in [6.07, 6.45) is -2.38. The molecule has 0 atom stereocenters. The first-order valence-corrected chi connectivity index (χ1v) is 3.62. The summed E-state index contributed by atoms with van der Waals surface area (Å²) in [5.74, 6) is -5.86. The molecule has 0 amide bonds. The van der Waals surface area contributed by atoms with Crippen LogP contribution in [-0.4, -0.2) is 21.8 Å². The first-order valence-electron chi connectivity index (χ1n) is 2.83. The predicted molar refractivity (Wildman–Crippen MR) is 35.7 cm³/mol. The second kappa shape index (κ2) is 3.59. The van der Waals surface area contributed by atoms with E-state index in [0.29, 0.717) is 0 Å². The van der Waals surface area contributed by atoms with Gasteiger partial charge in [0.05, 0.1) is 6.42 Å². The van der Waals surface area contributed by atoms with Crippen LogP contribution in [0.15, 0.2) is 0 Å². The summed E-state index contributed by atoms with van der Waals surface area (Å²) in [6.45, 7) is 0. The van der Waals surface area contributed by atoms with Crippen molar-refractivity contribution in [2.24, 2.45) is 0 Å². The van der Waals surface area contributed by atoms with Gasteiger partial charge in [-0.2, -0.15) is 17.6 Å². The molecule has 0 heterocycles. The Morgan fingerprint density at radius 3 is 2.00 bits per heavy atom. The Bertz CT molecular complexity index is 177. The largest absolute Gasteiger partial charge is 0.481 e. The van der Waals surface area contributed by atoms with Gasteiger partial charge in [0.15, 0.2) is 0 Å². The summed E-state index contributed by atoms with van der Waals surface area (Å²) in [7, 11) is 0. The number of carbonyl (C=O) groups is 1. The van der Waals surface area contributed by atoms with Gasteiger partial charge in [0.25, 0.3) is 0 Å². The zero-order valence-corrected chi connectivity index (χ0v) is 7.25. The number of halogens is 5. The average Bonchev–Trinajstić information content (AvgIpc) is 1.81. The van der Waals surface area contributed by atoms with E-state index in [-0.39, 0.29) is 0 Å². The minimum atomic E-state index is -4.35. The third-order valence-corrected chi connectivity index (χ3v) is 1.65. The molecule has 0 rings (SSSR count). The number of aliphatic carboxylic acids is 1. The van der Waals surface area contributed by atoms with Crippen LogP contribution in [0, 0.1) is 0 Å². The van der Waals surface area contributed by atoms with Crippen molar-refractivity contribution in [3.05, 3.63) is 0 Å². The van der Waals surface area contributed by atoms with Gasteiger partial charge in [-0.05, 0) is 15.9 Å². The van der Waals surface area contributed by atoms with Crippen molar-refractivity contribution < 1.29 is 27.5 Å². The second-order valence-corrected chi connectivity index (χ2v) is 3.09. The van der Waals surface area contributed by atoms with Crippen LogP contribution >= 0.6 is 15.9 Å². The summed E-state index contributed by atoms with van der Waals surface area (Å²) in [4.78, 5) is 5.43. The van der Waals surface area contributed by atoms with Gasteiger partial charge in [-0.15, -0.1) is 0 Å². The molecule has 0 fully saturated rings. The minimum Gasteiger partial charge on any atom is -0.481 e. The van der Waals surface area contributed by atoms with Crippen LogP contribution in [0.3, 0.4) is 0 Å². The van der Waals surface area contributed by atoms with E-state index in [2.05, 4.69) is 0 Å². The Hall–Kier alpha value is -0.330. The number of hydrogen-bond donors (Lipinski definition) is 1. The molecule has 0 aliphatic heterocycles. The molecule has 0 spiro atoms. The fourth-order valence-electron chi connectivity index (χ4n) is 0.406. The zero-order valence-electron chi connectivity index (χ0n) is 5.66. The fraction of sp³-hybridized carbons (Fsp3) is 0.800. The highest BCUT2D eigenvalue weighted by molar-refractivity contribution is 9.10. The minimum absolute atomic E-state index is 0.992. The number of carboxylic acids is 1. The molecule has 0 unspecified atom stereocenters. The Balaban J connectivity index is 4.14. The summed E-state index contributed by atoms with van der Waals surface area (Å²) in [5.41, 5.74) is 0. The van der Waals surface area contributed by atoms with Crippen molar-refractivity contribution >= 4 is 21.9 Å². The van der Waals surface area contributed by atoms with Gasteiger partial charge in [0, 0.05) is 6.42 Å². The van der Waals surface area contributed by atoms with Gasteiger partial charge in [-0.3, -0.25) is 4.79 Å². The number of carboxylic acid groups (broad SMARTS) is 1. The van der Waals surface area contributed by atoms with Crippen LogP contribution in [0.2, 0.25) is 0 Å². The van der Waals surface area contributed by atoms with E-state index in [1.807, 2.05) is 0 Å². The molecule has 0 radical (unpaired) electrons. The Kier molecular flexibility index (Phi) is 3.49. The summed E-state index contributed by atoms with van der Waals surface area (Å²) in [5, 5.41) is 7.95. The van der Waals surface area contributed by atoms with Crippen LogP contribution in [0.5, 0.6) is 0 Å². The monoisotopic (exact) mass is 252 g/mol. The maximum Gasteiger partial charge on any atom is 0.363 e.